The maximum atomic E-state index is 13.2. The number of aromatic nitrogens is 4. The summed E-state index contributed by atoms with van der Waals surface area (Å²) in [4.78, 5) is 16.4. The number of halogens is 1. The molecule has 1 N–H and O–H groups in total. The van der Waals surface area contributed by atoms with Crippen molar-refractivity contribution in [3.63, 3.8) is 0 Å². The lowest BCUT2D eigenvalue weighted by atomic mass is 10.1. The number of amides is 1. The minimum absolute atomic E-state index is 0.162. The normalized spacial score (nSPS) is 11.0. The third-order valence-electron chi connectivity index (χ3n) is 4.53. The highest BCUT2D eigenvalue weighted by Crippen LogP contribution is 2.25. The third-order valence-corrected chi connectivity index (χ3v) is 5.35. The molecule has 0 unspecified atom stereocenters. The summed E-state index contributed by atoms with van der Waals surface area (Å²) in [5, 5.41) is 15.2. The van der Waals surface area contributed by atoms with Crippen molar-refractivity contribution in [2.45, 2.75) is 37.7 Å². The highest BCUT2D eigenvalue weighted by atomic mass is 32.2. The molecule has 8 nitrogen and oxygen atoms in total. The van der Waals surface area contributed by atoms with Crippen LogP contribution in [-0.2, 0) is 17.0 Å². The van der Waals surface area contributed by atoms with Crippen LogP contribution in [0.15, 0.2) is 56.6 Å². The predicted molar refractivity (Wildman–Crippen MR) is 116 cm³/mol. The van der Waals surface area contributed by atoms with Gasteiger partial charge in [-0.15, -0.1) is 10.2 Å². The molecule has 10 heteroatoms. The Morgan fingerprint density at radius 2 is 2.03 bits per heavy atom. The monoisotopic (exact) mass is 453 g/mol. The number of rotatable bonds is 8. The fourth-order valence-corrected chi connectivity index (χ4v) is 3.55. The van der Waals surface area contributed by atoms with Gasteiger partial charge in [0, 0.05) is 24.1 Å². The molecule has 0 radical (unpaired) electrons. The zero-order valence-electron chi connectivity index (χ0n) is 17.5. The van der Waals surface area contributed by atoms with Crippen molar-refractivity contribution in [3.05, 3.63) is 71.1 Å². The summed E-state index contributed by atoms with van der Waals surface area (Å²) in [6.45, 7) is 3.73. The number of thioether (sulfide) groups is 1. The van der Waals surface area contributed by atoms with Crippen LogP contribution < -0.4 is 5.32 Å². The molecular formula is C22H20FN5O3S. The van der Waals surface area contributed by atoms with Crippen molar-refractivity contribution in [3.8, 4) is 11.5 Å². The van der Waals surface area contributed by atoms with E-state index in [9.17, 15) is 9.18 Å². The first-order valence-corrected chi connectivity index (χ1v) is 10.9. The molecule has 0 aliphatic rings. The molecule has 0 aliphatic carbocycles. The summed E-state index contributed by atoms with van der Waals surface area (Å²) in [6.07, 6.45) is 0.455. The molecule has 0 saturated heterocycles. The van der Waals surface area contributed by atoms with Gasteiger partial charge in [0.15, 0.2) is 5.82 Å². The topological polar surface area (TPSA) is 107 Å². The second-order valence-electron chi connectivity index (χ2n) is 7.14. The molecule has 4 rings (SSSR count). The van der Waals surface area contributed by atoms with Crippen LogP contribution in [0, 0.1) is 19.7 Å². The van der Waals surface area contributed by atoms with Gasteiger partial charge in [-0.05, 0) is 49.7 Å². The van der Waals surface area contributed by atoms with E-state index < -0.39 is 0 Å². The van der Waals surface area contributed by atoms with Gasteiger partial charge < -0.3 is 14.3 Å². The van der Waals surface area contributed by atoms with Crippen LogP contribution in [0.5, 0.6) is 0 Å². The van der Waals surface area contributed by atoms with Crippen molar-refractivity contribution in [1.82, 2.24) is 20.3 Å². The summed E-state index contributed by atoms with van der Waals surface area (Å²) in [5.41, 5.74) is 3.20. The number of anilines is 1. The summed E-state index contributed by atoms with van der Waals surface area (Å²) < 4.78 is 24.1. The molecule has 1 amide bonds. The first-order valence-electron chi connectivity index (χ1n) is 9.87. The van der Waals surface area contributed by atoms with Gasteiger partial charge in [-0.1, -0.05) is 34.6 Å². The molecule has 2 aromatic heterocycles. The Hall–Kier alpha value is -3.53. The number of aryl methyl sites for hydroxylation is 3. The molecule has 32 heavy (non-hydrogen) atoms. The molecule has 2 heterocycles. The largest absolute Gasteiger partial charge is 0.411 e. The number of nitrogens with zero attached hydrogens (tertiary/aromatic N) is 4. The molecule has 4 aromatic rings. The molecule has 0 saturated carbocycles. The van der Waals surface area contributed by atoms with E-state index in [1.54, 1.807) is 6.92 Å². The van der Waals surface area contributed by atoms with Crippen LogP contribution in [0.4, 0.5) is 10.1 Å². The van der Waals surface area contributed by atoms with Crippen LogP contribution >= 0.6 is 11.8 Å². The third kappa shape index (κ3) is 5.58. The minimum atomic E-state index is -0.344. The number of benzene rings is 2. The summed E-state index contributed by atoms with van der Waals surface area (Å²) in [5.74, 6) is 1.10. The Morgan fingerprint density at radius 3 is 2.84 bits per heavy atom. The van der Waals surface area contributed by atoms with E-state index in [2.05, 4.69) is 25.7 Å². The van der Waals surface area contributed by atoms with Gasteiger partial charge in [0.1, 0.15) is 5.82 Å². The molecule has 2 aromatic carbocycles. The molecule has 164 valence electrons. The Bertz CT molecular complexity index is 1240. The van der Waals surface area contributed by atoms with E-state index in [1.807, 2.05) is 31.2 Å². The van der Waals surface area contributed by atoms with Crippen LogP contribution in [0.1, 0.15) is 29.3 Å². The fourth-order valence-electron chi connectivity index (χ4n) is 2.94. The van der Waals surface area contributed by atoms with Gasteiger partial charge in [-0.2, -0.15) is 4.98 Å². The second kappa shape index (κ2) is 9.73. The van der Waals surface area contributed by atoms with Crippen molar-refractivity contribution < 1.29 is 18.1 Å². The van der Waals surface area contributed by atoms with Crippen LogP contribution in [0.2, 0.25) is 0 Å². The van der Waals surface area contributed by atoms with E-state index >= 15 is 0 Å². The van der Waals surface area contributed by atoms with Gasteiger partial charge in [-0.25, -0.2) is 4.39 Å². The first-order chi connectivity index (χ1) is 15.5. The van der Waals surface area contributed by atoms with Gasteiger partial charge >= 0.3 is 0 Å². The lowest BCUT2D eigenvalue weighted by Gasteiger charge is -2.07. The van der Waals surface area contributed by atoms with E-state index in [4.69, 9.17) is 8.94 Å². The van der Waals surface area contributed by atoms with Gasteiger partial charge in [0.2, 0.25) is 17.7 Å². The Labute approximate surface area is 187 Å². The molecule has 0 spiro atoms. The number of hydrogen-bond donors (Lipinski definition) is 1. The smallest absolute Gasteiger partial charge is 0.277 e. The highest BCUT2D eigenvalue weighted by Gasteiger charge is 2.13. The van der Waals surface area contributed by atoms with Crippen molar-refractivity contribution in [1.29, 1.82) is 0 Å². The van der Waals surface area contributed by atoms with Crippen LogP contribution in [0.3, 0.4) is 0 Å². The van der Waals surface area contributed by atoms with Crippen LogP contribution in [0.25, 0.3) is 11.5 Å². The van der Waals surface area contributed by atoms with Gasteiger partial charge in [0.25, 0.3) is 5.22 Å². The number of nitrogens with one attached hydrogen (secondary N) is 1. The molecule has 0 atom stereocenters. The van der Waals surface area contributed by atoms with Crippen molar-refractivity contribution in [2.75, 3.05) is 5.32 Å². The average Bonchev–Trinajstić information content (AvgIpc) is 3.42. The number of carbonyl (C=O) groups excluding carboxylic acids is 1. The van der Waals surface area contributed by atoms with Crippen molar-refractivity contribution >= 4 is 23.4 Å². The van der Waals surface area contributed by atoms with Gasteiger partial charge in [0.05, 0.1) is 5.75 Å². The van der Waals surface area contributed by atoms with Crippen molar-refractivity contribution in [2.24, 2.45) is 0 Å². The Morgan fingerprint density at radius 1 is 1.16 bits per heavy atom. The quantitative estimate of drug-likeness (QED) is 0.381. The van der Waals surface area contributed by atoms with E-state index in [1.165, 1.54) is 30.0 Å². The maximum Gasteiger partial charge on any atom is 0.277 e. The minimum Gasteiger partial charge on any atom is -0.411 e. The molecule has 0 bridgehead atoms. The highest BCUT2D eigenvalue weighted by molar-refractivity contribution is 7.98. The van der Waals surface area contributed by atoms with E-state index in [0.717, 1.165) is 11.1 Å². The molecule has 0 aliphatic heterocycles. The number of carbonyl (C=O) groups is 1. The number of hydrogen-bond acceptors (Lipinski definition) is 8. The standard InChI is InChI=1S/C22H20FN5O3S/c1-13-4-3-5-15(10-13)21-26-27-22(30-21)32-12-18-25-20(31-28-18)9-8-19(29)24-17-7-6-16(23)11-14(17)2/h3-7,10-11H,8-9,12H2,1-2H3,(H,24,29). The molecule has 0 fully saturated rings. The maximum absolute atomic E-state index is 13.2. The van der Waals surface area contributed by atoms with E-state index in [0.29, 0.717) is 46.3 Å². The summed E-state index contributed by atoms with van der Waals surface area (Å²) >= 11 is 1.30. The Kier molecular flexibility index (Phi) is 6.60. The molecular weight excluding hydrogens is 433 g/mol. The average molecular weight is 453 g/mol. The lowest BCUT2D eigenvalue weighted by molar-refractivity contribution is -0.116. The first kappa shape index (κ1) is 21.7. The summed E-state index contributed by atoms with van der Waals surface area (Å²) in [7, 11) is 0. The Balaban J connectivity index is 1.26. The fraction of sp³-hybridized carbons (Fsp3) is 0.227. The van der Waals surface area contributed by atoms with Gasteiger partial charge in [-0.3, -0.25) is 4.79 Å². The zero-order valence-corrected chi connectivity index (χ0v) is 18.3. The SMILES string of the molecule is Cc1cccc(-c2nnc(SCc3noc(CCC(=O)Nc4ccc(F)cc4C)n3)o2)c1. The lowest BCUT2D eigenvalue weighted by Crippen LogP contribution is -2.13. The zero-order chi connectivity index (χ0) is 22.5. The van der Waals surface area contributed by atoms with E-state index in [-0.39, 0.29) is 18.1 Å². The van der Waals surface area contributed by atoms with Crippen LogP contribution in [-0.4, -0.2) is 26.2 Å². The summed E-state index contributed by atoms with van der Waals surface area (Å²) in [6, 6.07) is 12.0. The second-order valence-corrected chi connectivity index (χ2v) is 8.07. The predicted octanol–water partition coefficient (Wildman–Crippen LogP) is 4.74.